The molecule has 0 aromatic rings. The molecule has 0 radical (unpaired) electrons. The SMILES string of the molecule is O=C(O)C(O)COCC(O)CO.[NaH].[NaH]. The molecule has 0 saturated carbocycles. The van der Waals surface area contributed by atoms with Crippen LogP contribution in [0.1, 0.15) is 0 Å². The Balaban J connectivity index is -0.000000605. The number of aliphatic hydroxyl groups is 3. The number of hydrogen-bond donors (Lipinski definition) is 4. The van der Waals surface area contributed by atoms with Crippen molar-refractivity contribution in [2.24, 2.45) is 0 Å². The van der Waals surface area contributed by atoms with Gasteiger partial charge in [-0.25, -0.2) is 4.79 Å². The summed E-state index contributed by atoms with van der Waals surface area (Å²) in [5.41, 5.74) is 0. The van der Waals surface area contributed by atoms with Gasteiger partial charge >= 0.3 is 65.1 Å². The van der Waals surface area contributed by atoms with Gasteiger partial charge in [0.1, 0.15) is 6.10 Å². The summed E-state index contributed by atoms with van der Waals surface area (Å²) in [6.45, 7) is -1.05. The van der Waals surface area contributed by atoms with Gasteiger partial charge in [-0.05, 0) is 0 Å². The van der Waals surface area contributed by atoms with E-state index in [1.165, 1.54) is 0 Å². The fourth-order valence-electron chi connectivity index (χ4n) is 0.440. The molecule has 0 rings (SSSR count). The summed E-state index contributed by atoms with van der Waals surface area (Å²) in [6.07, 6.45) is -2.62. The number of carboxylic acid groups (broad SMARTS) is 1. The first-order valence-electron chi connectivity index (χ1n) is 3.35. The van der Waals surface area contributed by atoms with Gasteiger partial charge in [-0.1, -0.05) is 0 Å². The molecule has 0 amide bonds. The molecular formula is C6H14Na2O6. The van der Waals surface area contributed by atoms with E-state index in [-0.39, 0.29) is 65.7 Å². The molecular weight excluding hydrogens is 214 g/mol. The summed E-state index contributed by atoms with van der Waals surface area (Å²) in [5, 5.41) is 33.8. The van der Waals surface area contributed by atoms with Gasteiger partial charge in [0.2, 0.25) is 0 Å². The standard InChI is InChI=1S/C6H12O6.2Na.2H/c7-1-4(8)2-12-3-5(9)6(10)11;;;;/h4-5,7-9H,1-3H2,(H,10,11);;;;. The second-order valence-corrected chi connectivity index (χ2v) is 2.23. The first kappa shape index (κ1) is 20.7. The summed E-state index contributed by atoms with van der Waals surface area (Å²) in [7, 11) is 0. The predicted octanol–water partition coefficient (Wildman–Crippen LogP) is -3.50. The number of hydrogen-bond acceptors (Lipinski definition) is 5. The van der Waals surface area contributed by atoms with Crippen molar-refractivity contribution in [3.63, 3.8) is 0 Å². The Morgan fingerprint density at radius 2 is 1.71 bits per heavy atom. The molecule has 0 aliphatic rings. The van der Waals surface area contributed by atoms with E-state index in [0.29, 0.717) is 0 Å². The van der Waals surface area contributed by atoms with E-state index in [0.717, 1.165) is 0 Å². The molecule has 4 N–H and O–H groups in total. The van der Waals surface area contributed by atoms with Gasteiger partial charge in [-0.2, -0.15) is 0 Å². The van der Waals surface area contributed by atoms with Crippen LogP contribution >= 0.6 is 0 Å². The van der Waals surface area contributed by atoms with Crippen molar-refractivity contribution in [1.82, 2.24) is 0 Å². The van der Waals surface area contributed by atoms with E-state index in [4.69, 9.17) is 20.4 Å². The van der Waals surface area contributed by atoms with Crippen LogP contribution < -0.4 is 0 Å². The first-order valence-corrected chi connectivity index (χ1v) is 3.35. The summed E-state index contributed by atoms with van der Waals surface area (Å²) in [5.74, 6) is -1.38. The van der Waals surface area contributed by atoms with Gasteiger partial charge in [0.05, 0.1) is 19.8 Å². The van der Waals surface area contributed by atoms with E-state index < -0.39 is 31.4 Å². The first-order chi connectivity index (χ1) is 5.57. The van der Waals surface area contributed by atoms with Gasteiger partial charge in [-0.3, -0.25) is 0 Å². The van der Waals surface area contributed by atoms with Crippen LogP contribution in [0.4, 0.5) is 0 Å². The molecule has 2 atom stereocenters. The summed E-state index contributed by atoms with van der Waals surface area (Å²) in [4.78, 5) is 10.0. The zero-order valence-corrected chi connectivity index (χ0v) is 6.38. The Bertz CT molecular complexity index is 144. The van der Waals surface area contributed by atoms with Gasteiger partial charge in [-0.15, -0.1) is 0 Å². The molecule has 0 aliphatic heterocycles. The second-order valence-electron chi connectivity index (χ2n) is 2.23. The van der Waals surface area contributed by atoms with Crippen LogP contribution in [0.2, 0.25) is 0 Å². The summed E-state index contributed by atoms with van der Waals surface area (Å²) in [6, 6.07) is 0. The van der Waals surface area contributed by atoms with E-state index in [1.54, 1.807) is 0 Å². The maximum absolute atomic E-state index is 10.0. The molecule has 0 heterocycles. The molecule has 2 unspecified atom stereocenters. The third kappa shape index (κ3) is 11.4. The second kappa shape index (κ2) is 12.4. The number of ether oxygens (including phenoxy) is 1. The van der Waals surface area contributed by atoms with Crippen LogP contribution in [0.15, 0.2) is 0 Å². The fraction of sp³-hybridized carbons (Fsp3) is 0.833. The topological polar surface area (TPSA) is 107 Å². The van der Waals surface area contributed by atoms with Crippen LogP contribution in [0.25, 0.3) is 0 Å². The number of carboxylic acids is 1. The summed E-state index contributed by atoms with van der Waals surface area (Å²) < 4.78 is 4.57. The quantitative estimate of drug-likeness (QED) is 0.351. The number of rotatable bonds is 6. The van der Waals surface area contributed by atoms with E-state index in [2.05, 4.69) is 4.74 Å². The molecule has 0 aromatic heterocycles. The van der Waals surface area contributed by atoms with Crippen LogP contribution in [-0.4, -0.2) is 118 Å². The van der Waals surface area contributed by atoms with Gasteiger partial charge < -0.3 is 25.2 Å². The Morgan fingerprint density at radius 3 is 2.07 bits per heavy atom. The van der Waals surface area contributed by atoms with Crippen molar-refractivity contribution in [3.8, 4) is 0 Å². The Hall–Kier alpha value is 1.31. The van der Waals surface area contributed by atoms with Gasteiger partial charge in [0.25, 0.3) is 0 Å². The van der Waals surface area contributed by atoms with Crippen molar-refractivity contribution in [2.75, 3.05) is 19.8 Å². The van der Waals surface area contributed by atoms with Crippen molar-refractivity contribution in [2.45, 2.75) is 12.2 Å². The third-order valence-electron chi connectivity index (χ3n) is 1.08. The van der Waals surface area contributed by atoms with Crippen LogP contribution in [0, 0.1) is 0 Å². The number of aliphatic carboxylic acids is 1. The molecule has 14 heavy (non-hydrogen) atoms. The van der Waals surface area contributed by atoms with E-state index in [9.17, 15) is 4.79 Å². The zero-order valence-electron chi connectivity index (χ0n) is 6.38. The molecule has 0 bridgehead atoms. The van der Waals surface area contributed by atoms with Crippen molar-refractivity contribution in [1.29, 1.82) is 0 Å². The zero-order chi connectivity index (χ0) is 9.56. The minimum absolute atomic E-state index is 0. The van der Waals surface area contributed by atoms with E-state index in [1.807, 2.05) is 0 Å². The van der Waals surface area contributed by atoms with E-state index >= 15 is 0 Å². The minimum atomic E-state index is -1.59. The molecule has 0 spiro atoms. The van der Waals surface area contributed by atoms with Crippen molar-refractivity contribution < 1.29 is 30.0 Å². The number of aliphatic hydroxyl groups excluding tert-OH is 3. The van der Waals surface area contributed by atoms with Gasteiger partial charge in [0, 0.05) is 0 Å². The van der Waals surface area contributed by atoms with Crippen LogP contribution in [0.5, 0.6) is 0 Å². The normalized spacial score (nSPS) is 13.4. The Labute approximate surface area is 126 Å². The van der Waals surface area contributed by atoms with Crippen LogP contribution in [-0.2, 0) is 9.53 Å². The number of carbonyl (C=O) groups is 1. The monoisotopic (exact) mass is 228 g/mol. The van der Waals surface area contributed by atoms with Crippen LogP contribution in [0.3, 0.4) is 0 Å². The molecule has 0 aliphatic carbocycles. The fourth-order valence-corrected chi connectivity index (χ4v) is 0.440. The molecule has 0 saturated heterocycles. The maximum atomic E-state index is 10.0. The Kier molecular flexibility index (Phi) is 18.3. The Morgan fingerprint density at radius 1 is 1.21 bits per heavy atom. The predicted molar refractivity (Wildman–Crippen MR) is 51.9 cm³/mol. The van der Waals surface area contributed by atoms with Crippen molar-refractivity contribution >= 4 is 65.1 Å². The summed E-state index contributed by atoms with van der Waals surface area (Å²) >= 11 is 0. The average Bonchev–Trinajstić information content (AvgIpc) is 2.03. The molecule has 0 aromatic carbocycles. The van der Waals surface area contributed by atoms with Gasteiger partial charge in [0.15, 0.2) is 6.10 Å². The third-order valence-corrected chi connectivity index (χ3v) is 1.08. The van der Waals surface area contributed by atoms with Crippen molar-refractivity contribution in [3.05, 3.63) is 0 Å². The molecule has 0 fully saturated rings. The molecule has 8 heteroatoms. The molecule has 6 nitrogen and oxygen atoms in total. The molecule has 76 valence electrons. The average molecular weight is 228 g/mol.